The van der Waals surface area contributed by atoms with Crippen molar-refractivity contribution < 1.29 is 4.79 Å². The molecule has 0 aromatic heterocycles. The van der Waals surface area contributed by atoms with Crippen molar-refractivity contribution in [2.75, 3.05) is 6.54 Å². The van der Waals surface area contributed by atoms with Crippen LogP contribution >= 0.6 is 0 Å². The Morgan fingerprint density at radius 3 is 3.12 bits per heavy atom. The van der Waals surface area contributed by atoms with E-state index >= 15 is 0 Å². The maximum atomic E-state index is 11.1. The standard InChI is InChI=1S/C12H11N3O/c13-11(16)10-4-6-15-5-3-8-1-2-9(7-8)12(15)14-10/h1-5H,6-7H2,(H2,13,16). The Kier molecular flexibility index (Phi) is 1.83. The summed E-state index contributed by atoms with van der Waals surface area (Å²) in [6.45, 7) is 0.651. The number of amides is 1. The van der Waals surface area contributed by atoms with Crippen molar-refractivity contribution in [1.82, 2.24) is 4.90 Å². The van der Waals surface area contributed by atoms with E-state index in [9.17, 15) is 4.79 Å². The van der Waals surface area contributed by atoms with Crippen LogP contribution in [0.4, 0.5) is 0 Å². The van der Waals surface area contributed by atoms with Crippen LogP contribution < -0.4 is 5.73 Å². The van der Waals surface area contributed by atoms with Crippen molar-refractivity contribution in [2.45, 2.75) is 6.42 Å². The molecule has 0 saturated heterocycles. The van der Waals surface area contributed by atoms with Crippen molar-refractivity contribution in [3.05, 3.63) is 47.3 Å². The molecular weight excluding hydrogens is 202 g/mol. The fourth-order valence-corrected chi connectivity index (χ4v) is 2.04. The van der Waals surface area contributed by atoms with Gasteiger partial charge in [-0.2, -0.15) is 0 Å². The Balaban J connectivity index is 2.04. The SMILES string of the molecule is NC(=O)C1=CCN2C=CC3=CC=C(C3)C2=N1. The summed E-state index contributed by atoms with van der Waals surface area (Å²) in [5.41, 5.74) is 8.02. The van der Waals surface area contributed by atoms with Crippen LogP contribution in [0.15, 0.2) is 52.3 Å². The van der Waals surface area contributed by atoms with E-state index < -0.39 is 5.91 Å². The zero-order valence-electron chi connectivity index (χ0n) is 8.68. The summed E-state index contributed by atoms with van der Waals surface area (Å²) in [5.74, 6) is 0.378. The van der Waals surface area contributed by atoms with Crippen LogP contribution in [0.5, 0.6) is 0 Å². The van der Waals surface area contributed by atoms with E-state index in [1.165, 1.54) is 5.57 Å². The molecule has 0 fully saturated rings. The molecule has 2 N–H and O–H groups in total. The monoisotopic (exact) mass is 213 g/mol. The number of aliphatic imine (C=N–C) groups is 1. The minimum atomic E-state index is -0.466. The Hall–Kier alpha value is -2.10. The van der Waals surface area contributed by atoms with E-state index in [-0.39, 0.29) is 0 Å². The number of carbonyl (C=O) groups is 1. The number of carbonyl (C=O) groups excluding carboxylic acids is 1. The van der Waals surface area contributed by atoms with Crippen molar-refractivity contribution in [2.24, 2.45) is 10.7 Å². The molecule has 0 atom stereocenters. The van der Waals surface area contributed by atoms with Crippen LogP contribution in [0, 0.1) is 0 Å². The lowest BCUT2D eigenvalue weighted by molar-refractivity contribution is -0.114. The van der Waals surface area contributed by atoms with Crippen LogP contribution in [0.2, 0.25) is 0 Å². The summed E-state index contributed by atoms with van der Waals surface area (Å²) >= 11 is 0. The zero-order valence-corrected chi connectivity index (χ0v) is 8.68. The highest BCUT2D eigenvalue weighted by Gasteiger charge is 2.24. The van der Waals surface area contributed by atoms with Gasteiger partial charge in [-0.3, -0.25) is 4.79 Å². The fourth-order valence-electron chi connectivity index (χ4n) is 2.04. The van der Waals surface area contributed by atoms with E-state index in [0.29, 0.717) is 12.2 Å². The molecule has 0 saturated carbocycles. The molecule has 2 heterocycles. The van der Waals surface area contributed by atoms with Gasteiger partial charge in [-0.15, -0.1) is 0 Å². The Bertz CT molecular complexity index is 520. The smallest absolute Gasteiger partial charge is 0.267 e. The normalized spacial score (nSPS) is 21.6. The molecule has 1 amide bonds. The largest absolute Gasteiger partial charge is 0.364 e. The van der Waals surface area contributed by atoms with E-state index in [2.05, 4.69) is 23.2 Å². The van der Waals surface area contributed by atoms with E-state index in [4.69, 9.17) is 5.73 Å². The molecule has 2 bridgehead atoms. The second-order valence-corrected chi connectivity index (χ2v) is 3.97. The first kappa shape index (κ1) is 9.15. The van der Waals surface area contributed by atoms with Crippen LogP contribution in [-0.2, 0) is 4.79 Å². The highest BCUT2D eigenvalue weighted by molar-refractivity contribution is 6.05. The molecule has 3 rings (SSSR count). The minimum Gasteiger partial charge on any atom is -0.364 e. The number of hydrogen-bond donors (Lipinski definition) is 1. The highest BCUT2D eigenvalue weighted by atomic mass is 16.1. The summed E-state index contributed by atoms with van der Waals surface area (Å²) in [6.07, 6.45) is 10.8. The van der Waals surface area contributed by atoms with E-state index in [1.54, 1.807) is 6.08 Å². The average molecular weight is 213 g/mol. The fraction of sp³-hybridized carbons (Fsp3) is 0.167. The number of hydrogen-bond acceptors (Lipinski definition) is 3. The molecule has 0 aromatic rings. The molecule has 0 unspecified atom stereocenters. The average Bonchev–Trinajstić information content (AvgIpc) is 2.65. The molecule has 0 spiro atoms. The van der Waals surface area contributed by atoms with Crippen molar-refractivity contribution in [3.63, 3.8) is 0 Å². The Morgan fingerprint density at radius 1 is 1.44 bits per heavy atom. The van der Waals surface area contributed by atoms with Crippen molar-refractivity contribution >= 4 is 11.7 Å². The van der Waals surface area contributed by atoms with E-state index in [0.717, 1.165) is 17.8 Å². The maximum Gasteiger partial charge on any atom is 0.267 e. The van der Waals surface area contributed by atoms with Gasteiger partial charge in [0.15, 0.2) is 0 Å². The second-order valence-electron chi connectivity index (χ2n) is 3.97. The third kappa shape index (κ3) is 1.31. The summed E-state index contributed by atoms with van der Waals surface area (Å²) in [6, 6.07) is 0. The topological polar surface area (TPSA) is 58.7 Å². The number of nitrogens with zero attached hydrogens (tertiary/aromatic N) is 2. The molecule has 3 aliphatic rings. The van der Waals surface area contributed by atoms with Gasteiger partial charge in [0.2, 0.25) is 0 Å². The quantitative estimate of drug-likeness (QED) is 0.702. The predicted molar refractivity (Wildman–Crippen MR) is 61.3 cm³/mol. The number of allylic oxidation sites excluding steroid dienone is 4. The van der Waals surface area contributed by atoms with Crippen LogP contribution in [0.3, 0.4) is 0 Å². The Labute approximate surface area is 93.1 Å². The first-order valence-electron chi connectivity index (χ1n) is 5.17. The van der Waals surface area contributed by atoms with Gasteiger partial charge >= 0.3 is 0 Å². The van der Waals surface area contributed by atoms with Gasteiger partial charge in [-0.1, -0.05) is 12.2 Å². The maximum absolute atomic E-state index is 11.1. The molecule has 2 aliphatic heterocycles. The molecule has 0 radical (unpaired) electrons. The van der Waals surface area contributed by atoms with Gasteiger partial charge in [0, 0.05) is 19.2 Å². The van der Waals surface area contributed by atoms with Gasteiger partial charge < -0.3 is 10.6 Å². The number of amidine groups is 1. The predicted octanol–water partition coefficient (Wildman–Crippen LogP) is 0.854. The van der Waals surface area contributed by atoms with Crippen molar-refractivity contribution in [3.8, 4) is 0 Å². The number of rotatable bonds is 1. The summed E-state index contributed by atoms with van der Waals surface area (Å²) in [5, 5.41) is 0. The van der Waals surface area contributed by atoms with Crippen LogP contribution in [0.25, 0.3) is 0 Å². The lowest BCUT2D eigenvalue weighted by atomic mass is 10.1. The highest BCUT2D eigenvalue weighted by Crippen LogP contribution is 2.28. The molecule has 0 aromatic carbocycles. The van der Waals surface area contributed by atoms with Crippen molar-refractivity contribution in [1.29, 1.82) is 0 Å². The molecule has 16 heavy (non-hydrogen) atoms. The number of nitrogens with two attached hydrogens (primary N) is 1. The molecular formula is C12H11N3O. The molecule has 1 aliphatic carbocycles. The lowest BCUT2D eigenvalue weighted by Gasteiger charge is -2.24. The van der Waals surface area contributed by atoms with Gasteiger partial charge in [0.25, 0.3) is 5.91 Å². The number of primary amides is 1. The van der Waals surface area contributed by atoms with Gasteiger partial charge in [0.05, 0.1) is 0 Å². The van der Waals surface area contributed by atoms with Crippen LogP contribution in [0.1, 0.15) is 6.42 Å². The summed E-state index contributed by atoms with van der Waals surface area (Å²) in [4.78, 5) is 17.4. The van der Waals surface area contributed by atoms with Crippen LogP contribution in [-0.4, -0.2) is 23.2 Å². The van der Waals surface area contributed by atoms with Gasteiger partial charge in [-0.25, -0.2) is 4.99 Å². The van der Waals surface area contributed by atoms with E-state index in [1.807, 2.05) is 11.1 Å². The first-order valence-corrected chi connectivity index (χ1v) is 5.17. The Morgan fingerprint density at radius 2 is 2.31 bits per heavy atom. The zero-order chi connectivity index (χ0) is 11.1. The third-order valence-corrected chi connectivity index (χ3v) is 2.88. The first-order chi connectivity index (χ1) is 7.74. The minimum absolute atomic E-state index is 0.357. The summed E-state index contributed by atoms with van der Waals surface area (Å²) in [7, 11) is 0. The van der Waals surface area contributed by atoms with Gasteiger partial charge in [-0.05, 0) is 23.3 Å². The lowest BCUT2D eigenvalue weighted by Crippen LogP contribution is -2.31. The second kappa shape index (κ2) is 3.20. The summed E-state index contributed by atoms with van der Waals surface area (Å²) < 4.78 is 0. The molecule has 4 heteroatoms. The molecule has 80 valence electrons. The molecule has 4 nitrogen and oxygen atoms in total. The third-order valence-electron chi connectivity index (χ3n) is 2.88. The number of fused-ring (bicyclic) bond motifs is 4. The van der Waals surface area contributed by atoms with Gasteiger partial charge in [0.1, 0.15) is 11.5 Å².